The number of hydrogen-bond donors (Lipinski definition) is 0. The molecular formula is C34H34N2O4. The number of fused-ring (bicyclic) bond motifs is 1. The number of aromatic nitrogens is 2. The third-order valence-electron chi connectivity index (χ3n) is 7.70. The van der Waals surface area contributed by atoms with E-state index < -0.39 is 0 Å². The van der Waals surface area contributed by atoms with Crippen LogP contribution < -0.4 is 18.9 Å². The molecule has 0 aliphatic heterocycles. The van der Waals surface area contributed by atoms with E-state index in [1.807, 2.05) is 66.7 Å². The third kappa shape index (κ3) is 4.97. The standard InChI is InChI=1S/C34H34N2O4/c1-23-28(34-35-29-19-27(37-2)17-18-30(29)36(34)26-15-10-16-26)20-31(38-3)33(40-22-25-13-8-5-9-14-25)32(23)39-21-24-11-6-4-7-12-24/h4-9,11-14,17-20,26H,10,15-16,21-22H2,1-3H3. The lowest BCUT2D eigenvalue weighted by atomic mass is 9.92. The van der Waals surface area contributed by atoms with Crippen LogP contribution in [0.5, 0.6) is 23.0 Å². The van der Waals surface area contributed by atoms with Crippen molar-refractivity contribution in [1.82, 2.24) is 9.55 Å². The van der Waals surface area contributed by atoms with Gasteiger partial charge in [-0.1, -0.05) is 60.7 Å². The summed E-state index contributed by atoms with van der Waals surface area (Å²) in [5.41, 5.74) is 6.09. The maximum Gasteiger partial charge on any atom is 0.204 e. The van der Waals surface area contributed by atoms with Gasteiger partial charge in [-0.2, -0.15) is 0 Å². The number of nitrogens with zero attached hydrogens (tertiary/aromatic N) is 2. The van der Waals surface area contributed by atoms with Crippen LogP contribution in [0.15, 0.2) is 84.9 Å². The summed E-state index contributed by atoms with van der Waals surface area (Å²) in [6.07, 6.45) is 3.49. The molecule has 0 radical (unpaired) electrons. The Labute approximate surface area is 235 Å². The minimum Gasteiger partial charge on any atom is -0.497 e. The molecule has 40 heavy (non-hydrogen) atoms. The molecule has 0 amide bonds. The van der Waals surface area contributed by atoms with Crippen LogP contribution in [-0.2, 0) is 13.2 Å². The molecule has 5 aromatic rings. The van der Waals surface area contributed by atoms with Crippen molar-refractivity contribution >= 4 is 11.0 Å². The molecule has 0 unspecified atom stereocenters. The molecule has 6 nitrogen and oxygen atoms in total. The van der Waals surface area contributed by atoms with Gasteiger partial charge in [-0.15, -0.1) is 0 Å². The fourth-order valence-corrected chi connectivity index (χ4v) is 5.27. The first-order valence-corrected chi connectivity index (χ1v) is 13.8. The highest BCUT2D eigenvalue weighted by Crippen LogP contribution is 2.48. The number of methoxy groups -OCH3 is 2. The first-order chi connectivity index (χ1) is 19.7. The van der Waals surface area contributed by atoms with Crippen LogP contribution >= 0.6 is 0 Å². The highest BCUT2D eigenvalue weighted by atomic mass is 16.5. The van der Waals surface area contributed by atoms with E-state index in [1.165, 1.54) is 6.42 Å². The van der Waals surface area contributed by atoms with Gasteiger partial charge in [0.1, 0.15) is 24.8 Å². The Bertz CT molecular complexity index is 1610. The zero-order chi connectivity index (χ0) is 27.5. The van der Waals surface area contributed by atoms with Crippen molar-refractivity contribution in [3.05, 3.63) is 102 Å². The van der Waals surface area contributed by atoms with Crippen molar-refractivity contribution in [1.29, 1.82) is 0 Å². The summed E-state index contributed by atoms with van der Waals surface area (Å²) in [7, 11) is 3.36. The van der Waals surface area contributed by atoms with Gasteiger partial charge in [0.25, 0.3) is 0 Å². The lowest BCUT2D eigenvalue weighted by Crippen LogP contribution is -2.18. The molecule has 0 atom stereocenters. The van der Waals surface area contributed by atoms with Gasteiger partial charge in [0.15, 0.2) is 11.5 Å². The maximum absolute atomic E-state index is 6.54. The van der Waals surface area contributed by atoms with Crippen molar-refractivity contribution < 1.29 is 18.9 Å². The molecule has 1 heterocycles. The summed E-state index contributed by atoms with van der Waals surface area (Å²) >= 11 is 0. The van der Waals surface area contributed by atoms with Crippen molar-refractivity contribution in [3.63, 3.8) is 0 Å². The lowest BCUT2D eigenvalue weighted by molar-refractivity contribution is 0.242. The van der Waals surface area contributed by atoms with Gasteiger partial charge < -0.3 is 23.5 Å². The Morgan fingerprint density at radius 1 is 0.775 bits per heavy atom. The summed E-state index contributed by atoms with van der Waals surface area (Å²) in [5, 5.41) is 0. The van der Waals surface area contributed by atoms with E-state index in [9.17, 15) is 0 Å². The van der Waals surface area contributed by atoms with Gasteiger partial charge in [-0.05, 0) is 55.5 Å². The fourth-order valence-electron chi connectivity index (χ4n) is 5.27. The lowest BCUT2D eigenvalue weighted by Gasteiger charge is -2.30. The molecule has 1 aromatic heterocycles. The number of imidazole rings is 1. The van der Waals surface area contributed by atoms with E-state index in [0.29, 0.717) is 36.5 Å². The molecule has 1 saturated carbocycles. The van der Waals surface area contributed by atoms with Crippen LogP contribution in [-0.4, -0.2) is 23.8 Å². The average molecular weight is 535 g/mol. The van der Waals surface area contributed by atoms with Gasteiger partial charge in [0.2, 0.25) is 5.75 Å². The Balaban J connectivity index is 1.49. The summed E-state index contributed by atoms with van der Waals surface area (Å²) in [5.74, 6) is 3.57. The Morgan fingerprint density at radius 2 is 1.43 bits per heavy atom. The van der Waals surface area contributed by atoms with E-state index in [2.05, 4.69) is 29.7 Å². The molecule has 0 saturated heterocycles. The Hall–Kier alpha value is -4.45. The number of rotatable bonds is 10. The van der Waals surface area contributed by atoms with Crippen LogP contribution in [0.25, 0.3) is 22.4 Å². The minimum absolute atomic E-state index is 0.401. The maximum atomic E-state index is 6.54. The number of benzene rings is 4. The molecule has 204 valence electrons. The Kier molecular flexibility index (Phi) is 7.32. The average Bonchev–Trinajstić information content (AvgIpc) is 3.33. The van der Waals surface area contributed by atoms with Gasteiger partial charge in [0, 0.05) is 23.2 Å². The molecular weight excluding hydrogens is 500 g/mol. The van der Waals surface area contributed by atoms with Gasteiger partial charge in [-0.25, -0.2) is 4.98 Å². The first-order valence-electron chi connectivity index (χ1n) is 13.8. The highest BCUT2D eigenvalue weighted by Gasteiger charge is 2.29. The summed E-state index contributed by atoms with van der Waals surface area (Å²) in [6.45, 7) is 2.89. The summed E-state index contributed by atoms with van der Waals surface area (Å²) < 4.78 is 26.8. The van der Waals surface area contributed by atoms with Gasteiger partial charge >= 0.3 is 0 Å². The highest BCUT2D eigenvalue weighted by molar-refractivity contribution is 5.84. The predicted molar refractivity (Wildman–Crippen MR) is 157 cm³/mol. The zero-order valence-electron chi connectivity index (χ0n) is 23.2. The predicted octanol–water partition coefficient (Wildman–Crippen LogP) is 7.91. The molecule has 4 aromatic carbocycles. The van der Waals surface area contributed by atoms with Crippen LogP contribution in [0, 0.1) is 6.92 Å². The number of ether oxygens (including phenoxy) is 4. The monoisotopic (exact) mass is 534 g/mol. The molecule has 6 rings (SSSR count). The minimum atomic E-state index is 0.401. The second kappa shape index (κ2) is 11.3. The molecule has 0 N–H and O–H groups in total. The van der Waals surface area contributed by atoms with Crippen LogP contribution in [0.1, 0.15) is 42.0 Å². The van der Waals surface area contributed by atoms with Crippen LogP contribution in [0.2, 0.25) is 0 Å². The number of hydrogen-bond acceptors (Lipinski definition) is 5. The quantitative estimate of drug-likeness (QED) is 0.182. The van der Waals surface area contributed by atoms with E-state index >= 15 is 0 Å². The molecule has 0 spiro atoms. The van der Waals surface area contributed by atoms with Gasteiger partial charge in [0.05, 0.1) is 25.3 Å². The van der Waals surface area contributed by atoms with Crippen molar-refractivity contribution in [2.75, 3.05) is 14.2 Å². The topological polar surface area (TPSA) is 54.7 Å². The SMILES string of the molecule is COc1ccc2c(c1)nc(-c1cc(OC)c(OCc3ccccc3)c(OCc3ccccc3)c1C)n2C1CCC1. The first kappa shape index (κ1) is 25.8. The Morgan fingerprint density at radius 3 is 2.00 bits per heavy atom. The van der Waals surface area contributed by atoms with Gasteiger partial charge in [-0.3, -0.25) is 0 Å². The molecule has 0 bridgehead atoms. The zero-order valence-corrected chi connectivity index (χ0v) is 23.2. The molecule has 1 fully saturated rings. The molecule has 1 aliphatic carbocycles. The van der Waals surface area contributed by atoms with Crippen molar-refractivity contribution in [2.45, 2.75) is 45.4 Å². The van der Waals surface area contributed by atoms with E-state index in [1.54, 1.807) is 14.2 Å². The van der Waals surface area contributed by atoms with E-state index in [0.717, 1.165) is 57.7 Å². The third-order valence-corrected chi connectivity index (χ3v) is 7.70. The largest absolute Gasteiger partial charge is 0.497 e. The van der Waals surface area contributed by atoms with E-state index in [-0.39, 0.29) is 0 Å². The summed E-state index contributed by atoms with van der Waals surface area (Å²) in [6, 6.07) is 28.8. The normalized spacial score (nSPS) is 13.2. The van der Waals surface area contributed by atoms with E-state index in [4.69, 9.17) is 23.9 Å². The van der Waals surface area contributed by atoms with Crippen molar-refractivity contribution in [2.24, 2.45) is 0 Å². The fraction of sp³-hybridized carbons (Fsp3) is 0.265. The summed E-state index contributed by atoms with van der Waals surface area (Å²) in [4.78, 5) is 5.14. The molecule has 1 aliphatic rings. The smallest absolute Gasteiger partial charge is 0.204 e. The molecule has 6 heteroatoms. The van der Waals surface area contributed by atoms with Crippen LogP contribution in [0.4, 0.5) is 0 Å². The second-order valence-corrected chi connectivity index (χ2v) is 10.2. The van der Waals surface area contributed by atoms with Crippen LogP contribution in [0.3, 0.4) is 0 Å². The van der Waals surface area contributed by atoms with Crippen molar-refractivity contribution in [3.8, 4) is 34.4 Å². The second-order valence-electron chi connectivity index (χ2n) is 10.2.